The molecule has 0 saturated heterocycles. The molecule has 2 rings (SSSR count). The van der Waals surface area contributed by atoms with Crippen LogP contribution in [0.5, 0.6) is 0 Å². The van der Waals surface area contributed by atoms with Gasteiger partial charge in [-0.25, -0.2) is 0 Å². The van der Waals surface area contributed by atoms with Crippen LogP contribution in [-0.2, 0) is 0 Å². The van der Waals surface area contributed by atoms with E-state index in [1.165, 1.54) is 28.4 Å². The zero-order valence-corrected chi connectivity index (χ0v) is 7.01. The molecule has 0 bridgehead atoms. The zero-order valence-electron chi connectivity index (χ0n) is 6.19. The van der Waals surface area contributed by atoms with E-state index < -0.39 is 4.92 Å². The molecule has 13 heavy (non-hydrogen) atoms. The minimum absolute atomic E-state index is 0.0114. The average Bonchev–Trinajstić information content (AvgIpc) is 2.74. The number of aromatic nitrogens is 4. The van der Waals surface area contributed by atoms with Gasteiger partial charge in [0.2, 0.25) is 0 Å². The van der Waals surface area contributed by atoms with Crippen molar-refractivity contribution in [2.24, 2.45) is 0 Å². The van der Waals surface area contributed by atoms with Crippen molar-refractivity contribution in [1.29, 1.82) is 0 Å². The second-order valence-electron chi connectivity index (χ2n) is 2.12. The molecule has 0 amide bonds. The second kappa shape index (κ2) is 2.90. The number of rotatable bonds is 2. The van der Waals surface area contributed by atoms with E-state index in [0.717, 1.165) is 0 Å². The number of hydrogen-bond donors (Lipinski definition) is 0. The fourth-order valence-electron chi connectivity index (χ4n) is 0.859. The van der Waals surface area contributed by atoms with Crippen molar-refractivity contribution in [2.45, 2.75) is 0 Å². The molecule has 8 heteroatoms. The van der Waals surface area contributed by atoms with Crippen LogP contribution < -0.4 is 0 Å². The van der Waals surface area contributed by atoms with Gasteiger partial charge in [-0.2, -0.15) is 4.68 Å². The first-order valence-corrected chi connectivity index (χ1v) is 4.12. The lowest BCUT2D eigenvalue weighted by atomic mass is 10.5. The van der Waals surface area contributed by atoms with Gasteiger partial charge in [-0.05, 0) is 10.4 Å². The molecule has 0 spiro atoms. The Morgan fingerprint density at radius 3 is 3.08 bits per heavy atom. The number of hydrogen-bond acceptors (Lipinski definition) is 6. The summed E-state index contributed by atoms with van der Waals surface area (Å²) in [4.78, 5) is 10.0. The summed E-state index contributed by atoms with van der Waals surface area (Å²) in [5.74, 6) is 0. The molecular weight excluding hydrogens is 194 g/mol. The summed E-state index contributed by atoms with van der Waals surface area (Å²) >= 11 is 1.21. The molecule has 0 aliphatic rings. The molecule has 0 N–H and O–H groups in total. The van der Waals surface area contributed by atoms with Crippen LogP contribution in [0.3, 0.4) is 0 Å². The van der Waals surface area contributed by atoms with Crippen molar-refractivity contribution >= 4 is 17.0 Å². The van der Waals surface area contributed by atoms with E-state index in [4.69, 9.17) is 0 Å². The van der Waals surface area contributed by atoms with Crippen molar-refractivity contribution in [3.8, 4) is 5.00 Å². The van der Waals surface area contributed by atoms with Crippen LogP contribution in [0.2, 0.25) is 0 Å². The molecule has 0 aromatic carbocycles. The topological polar surface area (TPSA) is 86.7 Å². The number of nitro groups is 1. The van der Waals surface area contributed by atoms with Crippen LogP contribution in [-0.4, -0.2) is 25.1 Å². The Morgan fingerprint density at radius 2 is 2.46 bits per heavy atom. The Bertz CT molecular complexity index is 422. The van der Waals surface area contributed by atoms with Gasteiger partial charge in [0.25, 0.3) is 0 Å². The van der Waals surface area contributed by atoms with Crippen molar-refractivity contribution in [2.75, 3.05) is 0 Å². The summed E-state index contributed by atoms with van der Waals surface area (Å²) in [7, 11) is 0. The molecule has 66 valence electrons. The normalized spacial score (nSPS) is 10.2. The van der Waals surface area contributed by atoms with Crippen molar-refractivity contribution < 1.29 is 4.92 Å². The first-order valence-electron chi connectivity index (χ1n) is 3.24. The van der Waals surface area contributed by atoms with Gasteiger partial charge in [-0.3, -0.25) is 10.1 Å². The molecule has 0 atom stereocenters. The highest BCUT2D eigenvalue weighted by Gasteiger charge is 2.17. The van der Waals surface area contributed by atoms with E-state index in [1.54, 1.807) is 5.38 Å². The smallest absolute Gasteiger partial charge is 0.258 e. The van der Waals surface area contributed by atoms with Crippen molar-refractivity contribution in [3.63, 3.8) is 0 Å². The Morgan fingerprint density at radius 1 is 1.62 bits per heavy atom. The highest BCUT2D eigenvalue weighted by Crippen LogP contribution is 2.27. The number of tetrazole rings is 1. The molecule has 0 unspecified atom stereocenters. The molecule has 0 fully saturated rings. The second-order valence-corrected chi connectivity index (χ2v) is 3.02. The van der Waals surface area contributed by atoms with E-state index in [9.17, 15) is 10.1 Å². The maximum absolute atomic E-state index is 10.5. The van der Waals surface area contributed by atoms with E-state index in [-0.39, 0.29) is 5.69 Å². The van der Waals surface area contributed by atoms with Crippen molar-refractivity contribution in [1.82, 2.24) is 20.2 Å². The highest BCUT2D eigenvalue weighted by atomic mass is 32.1. The van der Waals surface area contributed by atoms with Gasteiger partial charge in [0.1, 0.15) is 6.33 Å². The summed E-state index contributed by atoms with van der Waals surface area (Å²) < 4.78 is 1.27. The van der Waals surface area contributed by atoms with Gasteiger partial charge >= 0.3 is 5.69 Å². The zero-order chi connectivity index (χ0) is 9.26. The molecule has 2 aromatic rings. The van der Waals surface area contributed by atoms with E-state index in [2.05, 4.69) is 15.5 Å². The Hall–Kier alpha value is -1.83. The van der Waals surface area contributed by atoms with Crippen LogP contribution >= 0.6 is 11.3 Å². The number of nitrogens with zero attached hydrogens (tertiary/aromatic N) is 5. The molecule has 0 radical (unpaired) electrons. The van der Waals surface area contributed by atoms with Crippen LogP contribution in [0, 0.1) is 10.1 Å². The average molecular weight is 197 g/mol. The number of thiophene rings is 1. The van der Waals surface area contributed by atoms with Gasteiger partial charge in [0.05, 0.1) is 4.92 Å². The van der Waals surface area contributed by atoms with E-state index in [0.29, 0.717) is 5.00 Å². The largest absolute Gasteiger partial charge is 0.305 e. The standard InChI is InChI=1S/C5H3N5O2S/c11-10(12)4-1-2-13-5(4)9-3-6-7-8-9/h1-3H. The molecule has 0 saturated carbocycles. The predicted octanol–water partition coefficient (Wildman–Crippen LogP) is 0.632. The minimum atomic E-state index is -0.465. The van der Waals surface area contributed by atoms with Crippen LogP contribution in [0.4, 0.5) is 5.69 Å². The Balaban J connectivity index is 2.52. The van der Waals surface area contributed by atoms with Gasteiger partial charge in [-0.15, -0.1) is 16.4 Å². The molecule has 7 nitrogen and oxygen atoms in total. The first kappa shape index (κ1) is 7.80. The minimum Gasteiger partial charge on any atom is -0.258 e. The summed E-state index contributed by atoms with van der Waals surface area (Å²) in [5, 5.41) is 22.9. The van der Waals surface area contributed by atoms with Crippen molar-refractivity contribution in [3.05, 3.63) is 27.9 Å². The predicted molar refractivity (Wildman–Crippen MR) is 43.7 cm³/mol. The first-order chi connectivity index (χ1) is 6.29. The van der Waals surface area contributed by atoms with Gasteiger partial charge in [0.15, 0.2) is 5.00 Å². The lowest BCUT2D eigenvalue weighted by molar-refractivity contribution is -0.384. The SMILES string of the molecule is O=[N+]([O-])c1ccsc1-n1cnnn1. The Kier molecular flexibility index (Phi) is 1.74. The van der Waals surface area contributed by atoms with E-state index in [1.807, 2.05) is 0 Å². The maximum Gasteiger partial charge on any atom is 0.305 e. The quantitative estimate of drug-likeness (QED) is 0.520. The summed E-state index contributed by atoms with van der Waals surface area (Å²) in [6, 6.07) is 1.42. The fraction of sp³-hybridized carbons (Fsp3) is 0. The third kappa shape index (κ3) is 1.26. The molecule has 2 heterocycles. The molecule has 0 aliphatic heterocycles. The van der Waals surface area contributed by atoms with Crippen LogP contribution in [0.1, 0.15) is 0 Å². The summed E-state index contributed by atoms with van der Waals surface area (Å²) in [6.07, 6.45) is 1.32. The highest BCUT2D eigenvalue weighted by molar-refractivity contribution is 7.13. The van der Waals surface area contributed by atoms with Gasteiger partial charge in [-0.1, -0.05) is 0 Å². The molecular formula is C5H3N5O2S. The maximum atomic E-state index is 10.5. The van der Waals surface area contributed by atoms with Crippen LogP contribution in [0.15, 0.2) is 17.8 Å². The molecule has 2 aromatic heterocycles. The monoisotopic (exact) mass is 197 g/mol. The third-order valence-corrected chi connectivity index (χ3v) is 2.27. The fourth-order valence-corrected chi connectivity index (χ4v) is 1.64. The summed E-state index contributed by atoms with van der Waals surface area (Å²) in [6.45, 7) is 0. The lowest BCUT2D eigenvalue weighted by Crippen LogP contribution is -1.96. The third-order valence-electron chi connectivity index (χ3n) is 1.38. The molecule has 0 aliphatic carbocycles. The summed E-state index contributed by atoms with van der Waals surface area (Å²) in [5.41, 5.74) is 0.0114. The van der Waals surface area contributed by atoms with Crippen LogP contribution in [0.25, 0.3) is 5.00 Å². The Labute approximate surface area is 75.8 Å². The van der Waals surface area contributed by atoms with Gasteiger partial charge in [0, 0.05) is 11.4 Å². The van der Waals surface area contributed by atoms with Gasteiger partial charge < -0.3 is 0 Å². The lowest BCUT2D eigenvalue weighted by Gasteiger charge is -1.92. The van der Waals surface area contributed by atoms with E-state index >= 15 is 0 Å².